The SMILES string of the molecule is COC(=O)c1cnc(NCCCN2CCCCC2C)cn1. The molecule has 0 spiro atoms. The highest BCUT2D eigenvalue weighted by molar-refractivity contribution is 5.86. The monoisotopic (exact) mass is 292 g/mol. The third-order valence-electron chi connectivity index (χ3n) is 3.92. The Morgan fingerprint density at radius 1 is 1.43 bits per heavy atom. The van der Waals surface area contributed by atoms with Gasteiger partial charge in [-0.25, -0.2) is 14.8 Å². The van der Waals surface area contributed by atoms with Gasteiger partial charge in [-0.1, -0.05) is 6.42 Å². The molecule has 6 nitrogen and oxygen atoms in total. The second-order valence-corrected chi connectivity index (χ2v) is 5.44. The lowest BCUT2D eigenvalue weighted by Crippen LogP contribution is -2.38. The topological polar surface area (TPSA) is 67.3 Å². The molecule has 1 aromatic heterocycles. The molecule has 0 amide bonds. The van der Waals surface area contributed by atoms with Crippen LogP contribution >= 0.6 is 0 Å². The first-order valence-electron chi connectivity index (χ1n) is 7.59. The quantitative estimate of drug-likeness (QED) is 0.638. The summed E-state index contributed by atoms with van der Waals surface area (Å²) in [5, 5.41) is 3.23. The van der Waals surface area contributed by atoms with Gasteiger partial charge in [-0.2, -0.15) is 0 Å². The molecule has 1 fully saturated rings. The molecule has 1 aliphatic rings. The van der Waals surface area contributed by atoms with E-state index in [0.717, 1.165) is 19.5 Å². The van der Waals surface area contributed by atoms with Crippen LogP contribution in [0.15, 0.2) is 12.4 Å². The van der Waals surface area contributed by atoms with Crippen molar-refractivity contribution in [2.24, 2.45) is 0 Å². The number of carbonyl (C=O) groups excluding carboxylic acids is 1. The van der Waals surface area contributed by atoms with E-state index in [1.165, 1.54) is 39.1 Å². The summed E-state index contributed by atoms with van der Waals surface area (Å²) in [7, 11) is 1.33. The molecule has 0 aromatic carbocycles. The smallest absolute Gasteiger partial charge is 0.358 e. The van der Waals surface area contributed by atoms with E-state index >= 15 is 0 Å². The van der Waals surface area contributed by atoms with Crippen molar-refractivity contribution in [3.05, 3.63) is 18.1 Å². The highest BCUT2D eigenvalue weighted by Gasteiger charge is 2.17. The summed E-state index contributed by atoms with van der Waals surface area (Å²) in [6.45, 7) is 5.50. The van der Waals surface area contributed by atoms with Crippen LogP contribution in [0.2, 0.25) is 0 Å². The van der Waals surface area contributed by atoms with Gasteiger partial charge in [-0.15, -0.1) is 0 Å². The number of hydrogen-bond donors (Lipinski definition) is 1. The van der Waals surface area contributed by atoms with Gasteiger partial charge >= 0.3 is 5.97 Å². The molecule has 1 N–H and O–H groups in total. The molecular formula is C15H24N4O2. The average molecular weight is 292 g/mol. The summed E-state index contributed by atoms with van der Waals surface area (Å²) in [4.78, 5) is 22.0. The van der Waals surface area contributed by atoms with Crippen molar-refractivity contribution in [1.82, 2.24) is 14.9 Å². The number of nitrogens with one attached hydrogen (secondary N) is 1. The molecule has 0 bridgehead atoms. The van der Waals surface area contributed by atoms with Gasteiger partial charge in [0.05, 0.1) is 19.5 Å². The minimum Gasteiger partial charge on any atom is -0.464 e. The number of aromatic nitrogens is 2. The number of esters is 1. The molecule has 21 heavy (non-hydrogen) atoms. The van der Waals surface area contributed by atoms with Crippen LogP contribution in [-0.2, 0) is 4.74 Å². The van der Waals surface area contributed by atoms with Crippen molar-refractivity contribution in [3.63, 3.8) is 0 Å². The second kappa shape index (κ2) is 7.93. The zero-order chi connectivity index (χ0) is 15.1. The van der Waals surface area contributed by atoms with Crippen LogP contribution in [-0.4, -0.2) is 53.6 Å². The molecule has 2 heterocycles. The standard InChI is InChI=1S/C15H24N4O2/c1-12-6-3-4-8-19(12)9-5-7-16-14-11-17-13(10-18-14)15(20)21-2/h10-12H,3-9H2,1-2H3,(H,16,18). The van der Waals surface area contributed by atoms with E-state index in [9.17, 15) is 4.79 Å². The van der Waals surface area contributed by atoms with E-state index in [2.05, 4.69) is 31.8 Å². The first-order chi connectivity index (χ1) is 10.2. The molecule has 116 valence electrons. The average Bonchev–Trinajstić information content (AvgIpc) is 2.53. The van der Waals surface area contributed by atoms with Crippen molar-refractivity contribution in [2.75, 3.05) is 32.1 Å². The summed E-state index contributed by atoms with van der Waals surface area (Å²) in [6.07, 6.45) is 8.06. The number of anilines is 1. The maximum atomic E-state index is 11.2. The molecule has 0 aliphatic carbocycles. The maximum absolute atomic E-state index is 11.2. The minimum atomic E-state index is -0.465. The van der Waals surface area contributed by atoms with E-state index in [4.69, 9.17) is 0 Å². The lowest BCUT2D eigenvalue weighted by molar-refractivity contribution is 0.0593. The number of ether oxygens (including phenoxy) is 1. The number of nitrogens with zero attached hydrogens (tertiary/aromatic N) is 3. The third kappa shape index (κ3) is 4.67. The molecular weight excluding hydrogens is 268 g/mol. The van der Waals surface area contributed by atoms with Gasteiger partial charge in [0, 0.05) is 19.1 Å². The zero-order valence-corrected chi connectivity index (χ0v) is 12.8. The summed E-state index contributed by atoms with van der Waals surface area (Å²) in [6, 6.07) is 0.706. The van der Waals surface area contributed by atoms with E-state index in [0.29, 0.717) is 11.9 Å². The molecule has 0 saturated carbocycles. The van der Waals surface area contributed by atoms with Crippen molar-refractivity contribution in [2.45, 2.75) is 38.6 Å². The fourth-order valence-corrected chi connectivity index (χ4v) is 2.62. The fraction of sp³-hybridized carbons (Fsp3) is 0.667. The Labute approximate surface area is 125 Å². The minimum absolute atomic E-state index is 0.227. The lowest BCUT2D eigenvalue weighted by Gasteiger charge is -2.33. The van der Waals surface area contributed by atoms with E-state index in [1.807, 2.05) is 0 Å². The predicted octanol–water partition coefficient (Wildman–Crippen LogP) is 1.94. The summed E-state index contributed by atoms with van der Waals surface area (Å²) < 4.78 is 4.58. The highest BCUT2D eigenvalue weighted by atomic mass is 16.5. The first-order valence-corrected chi connectivity index (χ1v) is 7.59. The Hall–Kier alpha value is -1.69. The van der Waals surface area contributed by atoms with Crippen LogP contribution in [0.25, 0.3) is 0 Å². The van der Waals surface area contributed by atoms with Crippen LogP contribution in [0.5, 0.6) is 0 Å². The Balaban J connectivity index is 1.69. The number of methoxy groups -OCH3 is 1. The molecule has 0 radical (unpaired) electrons. The molecule has 2 rings (SSSR count). The van der Waals surface area contributed by atoms with Crippen LogP contribution in [0.4, 0.5) is 5.82 Å². The number of likely N-dealkylation sites (tertiary alicyclic amines) is 1. The Morgan fingerprint density at radius 3 is 2.95 bits per heavy atom. The Morgan fingerprint density at radius 2 is 2.29 bits per heavy atom. The second-order valence-electron chi connectivity index (χ2n) is 5.44. The van der Waals surface area contributed by atoms with Crippen molar-refractivity contribution in [1.29, 1.82) is 0 Å². The maximum Gasteiger partial charge on any atom is 0.358 e. The molecule has 1 atom stereocenters. The van der Waals surface area contributed by atoms with Crippen molar-refractivity contribution < 1.29 is 9.53 Å². The van der Waals surface area contributed by atoms with Gasteiger partial charge in [0.2, 0.25) is 0 Å². The van der Waals surface area contributed by atoms with Gasteiger partial charge < -0.3 is 15.0 Å². The van der Waals surface area contributed by atoms with E-state index in [-0.39, 0.29) is 5.69 Å². The van der Waals surface area contributed by atoms with Gasteiger partial charge in [0.25, 0.3) is 0 Å². The Kier molecular flexibility index (Phi) is 5.92. The van der Waals surface area contributed by atoms with Crippen LogP contribution in [0.1, 0.15) is 43.1 Å². The zero-order valence-electron chi connectivity index (χ0n) is 12.8. The van der Waals surface area contributed by atoms with Crippen molar-refractivity contribution in [3.8, 4) is 0 Å². The first kappa shape index (κ1) is 15.7. The predicted molar refractivity (Wildman–Crippen MR) is 81.4 cm³/mol. The lowest BCUT2D eigenvalue weighted by atomic mass is 10.0. The third-order valence-corrected chi connectivity index (χ3v) is 3.92. The fourth-order valence-electron chi connectivity index (χ4n) is 2.62. The summed E-state index contributed by atoms with van der Waals surface area (Å²) in [5.74, 6) is 0.225. The Bertz CT molecular complexity index is 449. The molecule has 6 heteroatoms. The largest absolute Gasteiger partial charge is 0.464 e. The summed E-state index contributed by atoms with van der Waals surface area (Å²) >= 11 is 0. The van der Waals surface area contributed by atoms with E-state index in [1.54, 1.807) is 6.20 Å². The van der Waals surface area contributed by atoms with Gasteiger partial charge in [0.15, 0.2) is 5.69 Å². The molecule has 1 aromatic rings. The van der Waals surface area contributed by atoms with Crippen molar-refractivity contribution >= 4 is 11.8 Å². The highest BCUT2D eigenvalue weighted by Crippen LogP contribution is 2.16. The molecule has 1 aliphatic heterocycles. The van der Waals surface area contributed by atoms with Gasteiger partial charge in [-0.05, 0) is 32.7 Å². The van der Waals surface area contributed by atoms with Crippen LogP contribution in [0.3, 0.4) is 0 Å². The van der Waals surface area contributed by atoms with Crippen LogP contribution < -0.4 is 5.32 Å². The number of rotatable bonds is 6. The molecule has 1 saturated heterocycles. The van der Waals surface area contributed by atoms with Gasteiger partial charge in [-0.3, -0.25) is 0 Å². The molecule has 1 unspecified atom stereocenters. The number of carbonyl (C=O) groups is 1. The summed E-state index contributed by atoms with van der Waals surface area (Å²) in [5.41, 5.74) is 0.227. The van der Waals surface area contributed by atoms with Crippen LogP contribution in [0, 0.1) is 0 Å². The van der Waals surface area contributed by atoms with E-state index < -0.39 is 5.97 Å². The number of hydrogen-bond acceptors (Lipinski definition) is 6. The number of piperidine rings is 1. The van der Waals surface area contributed by atoms with Gasteiger partial charge in [0.1, 0.15) is 5.82 Å². The normalized spacial score (nSPS) is 19.2.